The maximum Gasteiger partial charge on any atom is 0.0959 e. The zero-order valence-corrected chi connectivity index (χ0v) is 14.6. The van der Waals surface area contributed by atoms with Crippen LogP contribution in [0, 0.1) is 6.92 Å². The summed E-state index contributed by atoms with van der Waals surface area (Å²) in [7, 11) is 0. The first-order chi connectivity index (χ1) is 11.7. The Bertz CT molecular complexity index is 553. The molecule has 5 heteroatoms. The molecule has 4 rings (SSSR count). The van der Waals surface area contributed by atoms with Gasteiger partial charge in [0.25, 0.3) is 0 Å². The predicted molar refractivity (Wildman–Crippen MR) is 90.9 cm³/mol. The second kappa shape index (κ2) is 7.08. The van der Waals surface area contributed by atoms with Gasteiger partial charge in [0.15, 0.2) is 0 Å². The molecule has 0 bridgehead atoms. The maximum atomic E-state index is 6.18. The van der Waals surface area contributed by atoms with E-state index in [1.807, 2.05) is 12.4 Å². The Kier molecular flexibility index (Phi) is 4.86. The molecule has 3 saturated heterocycles. The van der Waals surface area contributed by atoms with Crippen LogP contribution in [0.4, 0.5) is 0 Å². The van der Waals surface area contributed by atoms with E-state index in [4.69, 9.17) is 14.2 Å². The van der Waals surface area contributed by atoms with Crippen molar-refractivity contribution in [1.29, 1.82) is 0 Å². The van der Waals surface area contributed by atoms with Gasteiger partial charge in [0.2, 0.25) is 0 Å². The average Bonchev–Trinajstić information content (AvgIpc) is 2.59. The van der Waals surface area contributed by atoms with Crippen molar-refractivity contribution >= 4 is 0 Å². The highest BCUT2D eigenvalue weighted by Crippen LogP contribution is 2.38. The minimum atomic E-state index is 0.0338. The summed E-state index contributed by atoms with van der Waals surface area (Å²) in [5.41, 5.74) is 2.38. The molecule has 0 saturated carbocycles. The molecule has 1 atom stereocenters. The molecule has 1 aromatic heterocycles. The van der Waals surface area contributed by atoms with Gasteiger partial charge >= 0.3 is 0 Å². The Labute approximate surface area is 144 Å². The van der Waals surface area contributed by atoms with Crippen LogP contribution >= 0.6 is 0 Å². The molecule has 1 spiro atoms. The topological polar surface area (TPSA) is 43.8 Å². The fourth-order valence-corrected chi connectivity index (χ4v) is 4.26. The molecule has 1 aromatic rings. The number of aryl methyl sites for hydroxylation is 1. The monoisotopic (exact) mass is 332 g/mol. The number of likely N-dealkylation sites (tertiary alicyclic amines) is 1. The summed E-state index contributed by atoms with van der Waals surface area (Å²) in [5.74, 6) is 0. The highest BCUT2D eigenvalue weighted by molar-refractivity contribution is 5.15. The molecule has 3 fully saturated rings. The van der Waals surface area contributed by atoms with Crippen molar-refractivity contribution in [3.8, 4) is 0 Å². The van der Waals surface area contributed by atoms with Gasteiger partial charge in [0, 0.05) is 57.8 Å². The molecular weight excluding hydrogens is 304 g/mol. The van der Waals surface area contributed by atoms with Gasteiger partial charge < -0.3 is 14.2 Å². The number of hydrogen-bond donors (Lipinski definition) is 0. The lowest BCUT2D eigenvalue weighted by molar-refractivity contribution is -0.210. The molecule has 4 heterocycles. The minimum Gasteiger partial charge on any atom is -0.381 e. The lowest BCUT2D eigenvalue weighted by Crippen LogP contribution is -2.68. The van der Waals surface area contributed by atoms with Gasteiger partial charge in [-0.3, -0.25) is 9.88 Å². The van der Waals surface area contributed by atoms with Crippen molar-refractivity contribution in [2.75, 3.05) is 32.9 Å². The summed E-state index contributed by atoms with van der Waals surface area (Å²) in [6.07, 6.45) is 8.43. The highest BCUT2D eigenvalue weighted by Gasteiger charge is 2.49. The predicted octanol–water partition coefficient (Wildman–Crippen LogP) is 2.32. The van der Waals surface area contributed by atoms with Crippen molar-refractivity contribution in [3.05, 3.63) is 29.6 Å². The fourth-order valence-electron chi connectivity index (χ4n) is 4.26. The summed E-state index contributed by atoms with van der Waals surface area (Å²) >= 11 is 0. The van der Waals surface area contributed by atoms with E-state index in [1.165, 1.54) is 5.56 Å². The van der Waals surface area contributed by atoms with Gasteiger partial charge in [-0.2, -0.15) is 0 Å². The molecule has 24 heavy (non-hydrogen) atoms. The van der Waals surface area contributed by atoms with Crippen LogP contribution in [-0.4, -0.2) is 60.5 Å². The van der Waals surface area contributed by atoms with E-state index in [0.717, 1.165) is 64.2 Å². The number of aromatic nitrogens is 1. The van der Waals surface area contributed by atoms with Crippen molar-refractivity contribution in [2.24, 2.45) is 0 Å². The second-order valence-corrected chi connectivity index (χ2v) is 7.58. The number of nitrogens with zero attached hydrogens (tertiary/aromatic N) is 2. The van der Waals surface area contributed by atoms with Gasteiger partial charge in [0.1, 0.15) is 0 Å². The number of hydrogen-bond acceptors (Lipinski definition) is 5. The third-order valence-electron chi connectivity index (χ3n) is 5.55. The number of ether oxygens (including phenoxy) is 3. The molecule has 0 amide bonds. The summed E-state index contributed by atoms with van der Waals surface area (Å²) in [6.45, 7) is 7.47. The van der Waals surface area contributed by atoms with Gasteiger partial charge in [-0.15, -0.1) is 0 Å². The third-order valence-corrected chi connectivity index (χ3v) is 5.55. The van der Waals surface area contributed by atoms with Crippen molar-refractivity contribution in [1.82, 2.24) is 9.88 Å². The third kappa shape index (κ3) is 3.64. The van der Waals surface area contributed by atoms with Gasteiger partial charge in [-0.1, -0.05) is 6.07 Å². The number of rotatable bonds is 4. The first kappa shape index (κ1) is 16.5. The summed E-state index contributed by atoms with van der Waals surface area (Å²) < 4.78 is 17.8. The quantitative estimate of drug-likeness (QED) is 0.847. The van der Waals surface area contributed by atoms with Crippen molar-refractivity contribution in [3.63, 3.8) is 0 Å². The van der Waals surface area contributed by atoms with E-state index in [2.05, 4.69) is 22.9 Å². The fraction of sp³-hybridized carbons (Fsp3) is 0.737. The molecule has 3 aliphatic heterocycles. The normalized spacial score (nSPS) is 28.0. The summed E-state index contributed by atoms with van der Waals surface area (Å²) in [4.78, 5) is 6.82. The maximum absolute atomic E-state index is 6.18. The van der Waals surface area contributed by atoms with Crippen LogP contribution in [0.5, 0.6) is 0 Å². The van der Waals surface area contributed by atoms with Gasteiger partial charge in [0.05, 0.1) is 18.3 Å². The molecule has 3 aliphatic rings. The van der Waals surface area contributed by atoms with E-state index >= 15 is 0 Å². The lowest BCUT2D eigenvalue weighted by Gasteiger charge is -2.56. The largest absolute Gasteiger partial charge is 0.381 e. The SMILES string of the molecule is Cc1cncc(COC2CCOC3(C2)CN(C2CCOCC2)C3)c1. The zero-order valence-electron chi connectivity index (χ0n) is 14.6. The first-order valence-corrected chi connectivity index (χ1v) is 9.20. The molecule has 0 aliphatic carbocycles. The molecule has 0 N–H and O–H groups in total. The van der Waals surface area contributed by atoms with Crippen LogP contribution in [0.1, 0.15) is 36.8 Å². The van der Waals surface area contributed by atoms with Crippen LogP contribution < -0.4 is 0 Å². The Balaban J connectivity index is 1.27. The van der Waals surface area contributed by atoms with Crippen LogP contribution in [0.25, 0.3) is 0 Å². The Morgan fingerprint density at radius 3 is 2.83 bits per heavy atom. The Morgan fingerprint density at radius 1 is 1.21 bits per heavy atom. The average molecular weight is 332 g/mol. The zero-order chi connectivity index (χ0) is 16.4. The van der Waals surface area contributed by atoms with Crippen LogP contribution in [0.3, 0.4) is 0 Å². The summed E-state index contributed by atoms with van der Waals surface area (Å²) in [5, 5.41) is 0. The van der Waals surface area contributed by atoms with E-state index in [-0.39, 0.29) is 5.60 Å². The second-order valence-electron chi connectivity index (χ2n) is 7.58. The molecule has 1 unspecified atom stereocenters. The van der Waals surface area contributed by atoms with E-state index in [1.54, 1.807) is 0 Å². The summed E-state index contributed by atoms with van der Waals surface area (Å²) in [6, 6.07) is 2.84. The molecule has 5 nitrogen and oxygen atoms in total. The van der Waals surface area contributed by atoms with Crippen molar-refractivity contribution in [2.45, 2.75) is 57.0 Å². The lowest BCUT2D eigenvalue weighted by atomic mass is 9.82. The first-order valence-electron chi connectivity index (χ1n) is 9.20. The van der Waals surface area contributed by atoms with Crippen LogP contribution in [0.15, 0.2) is 18.5 Å². The smallest absolute Gasteiger partial charge is 0.0959 e. The van der Waals surface area contributed by atoms with E-state index in [0.29, 0.717) is 18.8 Å². The van der Waals surface area contributed by atoms with E-state index < -0.39 is 0 Å². The Hall–Kier alpha value is -1.01. The molecule has 0 aromatic carbocycles. The van der Waals surface area contributed by atoms with Crippen molar-refractivity contribution < 1.29 is 14.2 Å². The van der Waals surface area contributed by atoms with Gasteiger partial charge in [-0.25, -0.2) is 0 Å². The molecule has 0 radical (unpaired) electrons. The molecular formula is C19H28N2O3. The minimum absolute atomic E-state index is 0.0338. The van der Waals surface area contributed by atoms with Crippen LogP contribution in [-0.2, 0) is 20.8 Å². The van der Waals surface area contributed by atoms with E-state index in [9.17, 15) is 0 Å². The standard InChI is InChI=1S/C19H28N2O3/c1-15-8-16(11-20-10-15)12-23-18-4-7-24-19(9-18)13-21(14-19)17-2-5-22-6-3-17/h8,10-11,17-18H,2-7,9,12-14H2,1H3. The molecule has 132 valence electrons. The Morgan fingerprint density at radius 2 is 2.04 bits per heavy atom. The number of pyridine rings is 1. The highest BCUT2D eigenvalue weighted by atomic mass is 16.5. The van der Waals surface area contributed by atoms with Crippen LogP contribution in [0.2, 0.25) is 0 Å². The van der Waals surface area contributed by atoms with Gasteiger partial charge in [-0.05, 0) is 37.3 Å².